The van der Waals surface area contributed by atoms with Crippen LogP contribution in [0.2, 0.25) is 0 Å². The fourth-order valence-corrected chi connectivity index (χ4v) is 3.97. The van der Waals surface area contributed by atoms with E-state index in [2.05, 4.69) is 21.2 Å². The fraction of sp³-hybridized carbons (Fsp3) is 0.200. The highest BCUT2D eigenvalue weighted by Crippen LogP contribution is 2.30. The van der Waals surface area contributed by atoms with Crippen LogP contribution >= 0.6 is 15.9 Å². The van der Waals surface area contributed by atoms with Crippen LogP contribution < -0.4 is 10.1 Å². The summed E-state index contributed by atoms with van der Waals surface area (Å²) in [5.41, 5.74) is 3.07. The molecule has 2 amide bonds. The summed E-state index contributed by atoms with van der Waals surface area (Å²) in [6, 6.07) is 22.7. The summed E-state index contributed by atoms with van der Waals surface area (Å²) in [6.07, 6.45) is 0. The minimum atomic E-state index is -0.341. The van der Waals surface area contributed by atoms with Gasteiger partial charge in [0.25, 0.3) is 11.8 Å². The molecule has 3 aromatic carbocycles. The molecule has 0 aromatic heterocycles. The second-order valence-corrected chi connectivity index (χ2v) is 8.15. The van der Waals surface area contributed by atoms with Crippen molar-refractivity contribution in [3.63, 3.8) is 0 Å². The first-order valence-electron chi connectivity index (χ1n) is 10.4. The van der Waals surface area contributed by atoms with Gasteiger partial charge in [0.15, 0.2) is 6.61 Å². The molecule has 0 radical (unpaired) electrons. The van der Waals surface area contributed by atoms with Crippen LogP contribution in [0, 0.1) is 0 Å². The quantitative estimate of drug-likeness (QED) is 0.543. The van der Waals surface area contributed by atoms with Gasteiger partial charge in [-0.3, -0.25) is 9.59 Å². The largest absolute Gasteiger partial charge is 0.483 e. The zero-order valence-electron chi connectivity index (χ0n) is 17.4. The Balaban J connectivity index is 1.39. The predicted octanol–water partition coefficient (Wildman–Crippen LogP) is 4.61. The lowest BCUT2D eigenvalue weighted by Crippen LogP contribution is -2.41. The number of rotatable bonds is 6. The third kappa shape index (κ3) is 5.36. The Kier molecular flexibility index (Phi) is 7.19. The molecule has 32 heavy (non-hydrogen) atoms. The minimum absolute atomic E-state index is 0.121. The van der Waals surface area contributed by atoms with Crippen LogP contribution in [0.25, 0.3) is 11.1 Å². The summed E-state index contributed by atoms with van der Waals surface area (Å²) < 4.78 is 11.8. The molecule has 0 unspecified atom stereocenters. The zero-order valence-corrected chi connectivity index (χ0v) is 19.0. The number of nitrogens with one attached hydrogen (secondary N) is 1. The molecule has 1 aliphatic heterocycles. The monoisotopic (exact) mass is 494 g/mol. The van der Waals surface area contributed by atoms with E-state index in [0.717, 1.165) is 15.6 Å². The maximum atomic E-state index is 12.9. The van der Waals surface area contributed by atoms with E-state index in [4.69, 9.17) is 9.47 Å². The summed E-state index contributed by atoms with van der Waals surface area (Å²) in [5, 5.41) is 2.80. The molecule has 3 aromatic rings. The van der Waals surface area contributed by atoms with E-state index in [1.54, 1.807) is 29.2 Å². The molecule has 0 spiro atoms. The van der Waals surface area contributed by atoms with Crippen LogP contribution in [0.4, 0.5) is 5.69 Å². The van der Waals surface area contributed by atoms with E-state index < -0.39 is 0 Å². The molecular formula is C25H23BrN2O4. The lowest BCUT2D eigenvalue weighted by molar-refractivity contribution is -0.118. The van der Waals surface area contributed by atoms with Crippen LogP contribution in [0.1, 0.15) is 10.4 Å². The van der Waals surface area contributed by atoms with E-state index in [9.17, 15) is 9.59 Å². The molecule has 6 nitrogen and oxygen atoms in total. The molecule has 1 saturated heterocycles. The third-order valence-electron chi connectivity index (χ3n) is 5.13. The molecular weight excluding hydrogens is 472 g/mol. The Morgan fingerprint density at radius 2 is 1.66 bits per heavy atom. The molecule has 1 fully saturated rings. The van der Waals surface area contributed by atoms with Crippen LogP contribution in [-0.4, -0.2) is 49.6 Å². The van der Waals surface area contributed by atoms with E-state index in [0.29, 0.717) is 43.3 Å². The third-order valence-corrected chi connectivity index (χ3v) is 5.75. The number of carbonyl (C=O) groups is 2. The van der Waals surface area contributed by atoms with Crippen molar-refractivity contribution in [3.8, 4) is 16.9 Å². The number of carbonyl (C=O) groups excluding carboxylic acids is 2. The summed E-state index contributed by atoms with van der Waals surface area (Å²) in [5.74, 6) is 0.105. The number of hydrogen-bond donors (Lipinski definition) is 1. The first-order chi connectivity index (χ1) is 15.6. The number of halogens is 1. The number of hydrogen-bond acceptors (Lipinski definition) is 4. The normalized spacial score (nSPS) is 13.5. The van der Waals surface area contributed by atoms with Crippen molar-refractivity contribution in [3.05, 3.63) is 82.8 Å². The summed E-state index contributed by atoms with van der Waals surface area (Å²) in [7, 11) is 0. The first kappa shape index (κ1) is 22.0. The molecule has 0 bridgehead atoms. The fourth-order valence-electron chi connectivity index (χ4n) is 3.47. The van der Waals surface area contributed by atoms with Crippen molar-refractivity contribution in [1.82, 2.24) is 4.90 Å². The lowest BCUT2D eigenvalue weighted by atomic mass is 10.1. The van der Waals surface area contributed by atoms with Gasteiger partial charge in [0, 0.05) is 13.1 Å². The summed E-state index contributed by atoms with van der Waals surface area (Å²) in [6.45, 7) is 1.94. The van der Waals surface area contributed by atoms with Gasteiger partial charge < -0.3 is 19.7 Å². The number of morpholine rings is 1. The standard InChI is InChI=1S/C25H23BrN2O4/c26-21-16-19(18-6-2-1-3-7-18)10-11-23(21)32-17-24(29)27-22-9-5-4-8-20(22)25(30)28-12-14-31-15-13-28/h1-11,16H,12-15,17H2,(H,27,29). The van der Waals surface area contributed by atoms with Gasteiger partial charge in [-0.25, -0.2) is 0 Å². The van der Waals surface area contributed by atoms with Gasteiger partial charge in [-0.15, -0.1) is 0 Å². The van der Waals surface area contributed by atoms with E-state index in [1.807, 2.05) is 48.5 Å². The molecule has 7 heteroatoms. The maximum absolute atomic E-state index is 12.9. The number of benzene rings is 3. The van der Waals surface area contributed by atoms with Crippen LogP contribution in [0.5, 0.6) is 5.75 Å². The first-order valence-corrected chi connectivity index (χ1v) is 11.1. The van der Waals surface area contributed by atoms with Crippen molar-refractivity contribution in [2.45, 2.75) is 0 Å². The summed E-state index contributed by atoms with van der Waals surface area (Å²) >= 11 is 3.52. The van der Waals surface area contributed by atoms with Crippen LogP contribution in [0.3, 0.4) is 0 Å². The average Bonchev–Trinajstić information content (AvgIpc) is 2.84. The number of anilines is 1. The van der Waals surface area contributed by atoms with Crippen molar-refractivity contribution in [2.75, 3.05) is 38.2 Å². The second-order valence-electron chi connectivity index (χ2n) is 7.30. The van der Waals surface area contributed by atoms with Crippen molar-refractivity contribution in [2.24, 2.45) is 0 Å². The summed E-state index contributed by atoms with van der Waals surface area (Å²) in [4.78, 5) is 27.1. The van der Waals surface area contributed by atoms with Crippen LogP contribution in [-0.2, 0) is 9.53 Å². The molecule has 0 saturated carbocycles. The maximum Gasteiger partial charge on any atom is 0.262 e. The van der Waals surface area contributed by atoms with Gasteiger partial charge in [0.05, 0.1) is 28.9 Å². The molecule has 0 atom stereocenters. The highest BCUT2D eigenvalue weighted by molar-refractivity contribution is 9.10. The SMILES string of the molecule is O=C(COc1ccc(-c2ccccc2)cc1Br)Nc1ccccc1C(=O)N1CCOCC1. The van der Waals surface area contributed by atoms with Gasteiger partial charge in [-0.1, -0.05) is 48.5 Å². The smallest absolute Gasteiger partial charge is 0.262 e. The Hall–Kier alpha value is -3.16. The Bertz CT molecular complexity index is 1100. The highest BCUT2D eigenvalue weighted by atomic mass is 79.9. The Morgan fingerprint density at radius 3 is 2.41 bits per heavy atom. The lowest BCUT2D eigenvalue weighted by Gasteiger charge is -2.27. The van der Waals surface area contributed by atoms with Crippen molar-refractivity contribution in [1.29, 1.82) is 0 Å². The molecule has 164 valence electrons. The van der Waals surface area contributed by atoms with Gasteiger partial charge in [0.2, 0.25) is 0 Å². The van der Waals surface area contributed by atoms with Crippen molar-refractivity contribution < 1.29 is 19.1 Å². The Labute approximate surface area is 195 Å². The molecule has 1 heterocycles. The minimum Gasteiger partial charge on any atom is -0.483 e. The zero-order chi connectivity index (χ0) is 22.3. The Morgan fingerprint density at radius 1 is 0.938 bits per heavy atom. The number of nitrogens with zero attached hydrogens (tertiary/aromatic N) is 1. The highest BCUT2D eigenvalue weighted by Gasteiger charge is 2.21. The van der Waals surface area contributed by atoms with Gasteiger partial charge in [-0.2, -0.15) is 0 Å². The van der Waals surface area contributed by atoms with Gasteiger partial charge >= 0.3 is 0 Å². The van der Waals surface area contributed by atoms with E-state index in [-0.39, 0.29) is 18.4 Å². The molecule has 0 aliphatic carbocycles. The number of amides is 2. The van der Waals surface area contributed by atoms with E-state index in [1.165, 1.54) is 0 Å². The topological polar surface area (TPSA) is 67.9 Å². The van der Waals surface area contributed by atoms with Crippen molar-refractivity contribution >= 4 is 33.4 Å². The number of para-hydroxylation sites is 1. The predicted molar refractivity (Wildman–Crippen MR) is 127 cm³/mol. The molecule has 1 N–H and O–H groups in total. The van der Waals surface area contributed by atoms with Crippen LogP contribution in [0.15, 0.2) is 77.3 Å². The van der Waals surface area contributed by atoms with Gasteiger partial charge in [0.1, 0.15) is 5.75 Å². The second kappa shape index (κ2) is 10.4. The number of ether oxygens (including phenoxy) is 2. The molecule has 1 aliphatic rings. The van der Waals surface area contributed by atoms with Gasteiger partial charge in [-0.05, 0) is 51.3 Å². The van der Waals surface area contributed by atoms with E-state index >= 15 is 0 Å². The average molecular weight is 495 g/mol. The molecule has 4 rings (SSSR count).